The average molecular weight is 392 g/mol. The molecule has 0 unspecified atom stereocenters. The molecule has 0 N–H and O–H groups in total. The number of unbranched alkanes of at least 4 members (excludes halogenated alkanes) is 13. The minimum absolute atomic E-state index is 0. The largest absolute Gasteiger partial charge is 1.00 e. The van der Waals surface area contributed by atoms with Gasteiger partial charge in [0.2, 0.25) is 0 Å². The van der Waals surface area contributed by atoms with E-state index in [2.05, 4.69) is 14.0 Å². The van der Waals surface area contributed by atoms with E-state index in [1.54, 1.807) is 0 Å². The van der Waals surface area contributed by atoms with E-state index in [0.717, 1.165) is 44.1 Å². The van der Waals surface area contributed by atoms with Crippen LogP contribution < -0.4 is 12.4 Å². The molecular weight excluding hydrogens is 346 g/mol. The normalized spacial score (nSPS) is 16.4. The maximum Gasteiger partial charge on any atom is 0.183 e. The smallest absolute Gasteiger partial charge is 0.183 e. The van der Waals surface area contributed by atoms with Crippen molar-refractivity contribution in [3.8, 4) is 0 Å². The third-order valence-corrected chi connectivity index (χ3v) is 5.60. The van der Waals surface area contributed by atoms with Crippen LogP contribution in [-0.2, 0) is 9.47 Å². The Morgan fingerprint density at radius 3 is 1.58 bits per heavy atom. The van der Waals surface area contributed by atoms with E-state index in [0.29, 0.717) is 0 Å². The minimum Gasteiger partial charge on any atom is -1.00 e. The Labute approximate surface area is 170 Å². The van der Waals surface area contributed by atoms with Crippen molar-refractivity contribution in [2.75, 3.05) is 46.7 Å². The fraction of sp³-hybridized carbons (Fsp3) is 1.00. The Morgan fingerprint density at radius 2 is 1.12 bits per heavy atom. The predicted molar refractivity (Wildman–Crippen MR) is 108 cm³/mol. The first kappa shape index (κ1) is 26.2. The molecule has 0 aliphatic carbocycles. The second-order valence-corrected chi connectivity index (χ2v) is 8.31. The van der Waals surface area contributed by atoms with Crippen molar-refractivity contribution in [3.63, 3.8) is 0 Å². The Morgan fingerprint density at radius 1 is 0.692 bits per heavy atom. The Kier molecular flexibility index (Phi) is 18.7. The van der Waals surface area contributed by atoms with E-state index in [1.807, 2.05) is 0 Å². The number of nitrogens with zero attached hydrogens (tertiary/aromatic N) is 1. The molecule has 0 spiro atoms. The molecule has 1 aliphatic heterocycles. The maximum atomic E-state index is 5.90. The zero-order valence-electron chi connectivity index (χ0n) is 17.8. The van der Waals surface area contributed by atoms with Crippen LogP contribution in [0.3, 0.4) is 0 Å². The highest BCUT2D eigenvalue weighted by molar-refractivity contribution is 4.49. The van der Waals surface area contributed by atoms with Gasteiger partial charge in [-0.1, -0.05) is 90.4 Å². The van der Waals surface area contributed by atoms with Crippen LogP contribution in [0, 0.1) is 0 Å². The van der Waals surface area contributed by atoms with Gasteiger partial charge in [0.15, 0.2) is 6.73 Å². The molecular formula is C22H46ClNO2. The van der Waals surface area contributed by atoms with Gasteiger partial charge < -0.3 is 21.9 Å². The van der Waals surface area contributed by atoms with Crippen molar-refractivity contribution in [1.82, 2.24) is 0 Å². The van der Waals surface area contributed by atoms with Crippen LogP contribution in [0.1, 0.15) is 96.8 Å². The standard InChI is InChI=1S/C22H46NO2.ClH/c1-3-4-5-6-7-8-9-10-11-12-13-14-15-16-19-25-22-23(2)17-20-24-21-18-23;/h3-22H2,1-2H3;1H/q+1;/p-1. The summed E-state index contributed by atoms with van der Waals surface area (Å²) in [6, 6.07) is 0. The fourth-order valence-corrected chi connectivity index (χ4v) is 3.60. The van der Waals surface area contributed by atoms with Gasteiger partial charge in [0, 0.05) is 0 Å². The third-order valence-electron chi connectivity index (χ3n) is 5.60. The molecule has 0 aromatic rings. The minimum atomic E-state index is 0. The molecule has 1 fully saturated rings. The zero-order valence-corrected chi connectivity index (χ0v) is 18.5. The lowest BCUT2D eigenvalue weighted by Crippen LogP contribution is -3.00. The zero-order chi connectivity index (χ0) is 18.1. The van der Waals surface area contributed by atoms with Crippen LogP contribution in [0.2, 0.25) is 0 Å². The number of morpholine rings is 1. The Balaban J connectivity index is 0.00000625. The lowest BCUT2D eigenvalue weighted by molar-refractivity contribution is -0.934. The fourth-order valence-electron chi connectivity index (χ4n) is 3.60. The van der Waals surface area contributed by atoms with Crippen molar-refractivity contribution in [2.45, 2.75) is 96.8 Å². The summed E-state index contributed by atoms with van der Waals surface area (Å²) in [4.78, 5) is 0. The van der Waals surface area contributed by atoms with Crippen LogP contribution >= 0.6 is 0 Å². The van der Waals surface area contributed by atoms with Crippen molar-refractivity contribution in [2.24, 2.45) is 0 Å². The number of rotatable bonds is 17. The molecule has 3 nitrogen and oxygen atoms in total. The van der Waals surface area contributed by atoms with Gasteiger partial charge in [-0.05, 0) is 6.42 Å². The second kappa shape index (κ2) is 18.5. The molecule has 1 rings (SSSR count). The molecule has 1 aliphatic rings. The summed E-state index contributed by atoms with van der Waals surface area (Å²) in [5.74, 6) is 0. The number of hydrogen-bond acceptors (Lipinski definition) is 2. The summed E-state index contributed by atoms with van der Waals surface area (Å²) in [6.45, 7) is 8.06. The van der Waals surface area contributed by atoms with Gasteiger partial charge in [-0.15, -0.1) is 0 Å². The molecule has 0 bridgehead atoms. The molecule has 1 heterocycles. The SMILES string of the molecule is CCCCCCCCCCCCCCCCOC[N+]1(C)CCOCC1.[Cl-]. The molecule has 0 aromatic carbocycles. The lowest BCUT2D eigenvalue weighted by Gasteiger charge is -2.36. The number of halogens is 1. The van der Waals surface area contributed by atoms with Crippen LogP contribution in [0.15, 0.2) is 0 Å². The highest BCUT2D eigenvalue weighted by Gasteiger charge is 2.24. The van der Waals surface area contributed by atoms with Gasteiger partial charge >= 0.3 is 0 Å². The van der Waals surface area contributed by atoms with E-state index in [9.17, 15) is 0 Å². The molecule has 0 radical (unpaired) electrons. The predicted octanol–water partition coefficient (Wildman–Crippen LogP) is 2.92. The van der Waals surface area contributed by atoms with Crippen molar-refractivity contribution >= 4 is 0 Å². The van der Waals surface area contributed by atoms with Crippen LogP contribution in [0.5, 0.6) is 0 Å². The molecule has 158 valence electrons. The van der Waals surface area contributed by atoms with E-state index < -0.39 is 0 Å². The van der Waals surface area contributed by atoms with E-state index >= 15 is 0 Å². The molecule has 0 atom stereocenters. The van der Waals surface area contributed by atoms with Gasteiger partial charge in [-0.2, -0.15) is 0 Å². The topological polar surface area (TPSA) is 18.5 Å². The lowest BCUT2D eigenvalue weighted by atomic mass is 10.0. The van der Waals surface area contributed by atoms with E-state index in [1.165, 1.54) is 89.9 Å². The first-order valence-corrected chi connectivity index (χ1v) is 11.3. The molecule has 0 amide bonds. The molecule has 0 aromatic heterocycles. The highest BCUT2D eigenvalue weighted by Crippen LogP contribution is 2.13. The van der Waals surface area contributed by atoms with E-state index in [-0.39, 0.29) is 12.4 Å². The molecule has 26 heavy (non-hydrogen) atoms. The maximum absolute atomic E-state index is 5.90. The van der Waals surface area contributed by atoms with Crippen molar-refractivity contribution in [1.29, 1.82) is 0 Å². The third kappa shape index (κ3) is 15.2. The van der Waals surface area contributed by atoms with E-state index in [4.69, 9.17) is 9.47 Å². The van der Waals surface area contributed by atoms with Crippen LogP contribution in [0.25, 0.3) is 0 Å². The van der Waals surface area contributed by atoms with Gasteiger partial charge in [0.25, 0.3) is 0 Å². The summed E-state index contributed by atoms with van der Waals surface area (Å²) in [6.07, 6.45) is 19.8. The van der Waals surface area contributed by atoms with Gasteiger partial charge in [-0.25, -0.2) is 0 Å². The molecule has 0 saturated carbocycles. The molecule has 4 heteroatoms. The van der Waals surface area contributed by atoms with Gasteiger partial charge in [0.1, 0.15) is 13.1 Å². The summed E-state index contributed by atoms with van der Waals surface area (Å²) in [5, 5.41) is 0. The number of quaternary nitrogens is 1. The summed E-state index contributed by atoms with van der Waals surface area (Å²) in [7, 11) is 2.29. The number of hydrogen-bond donors (Lipinski definition) is 0. The van der Waals surface area contributed by atoms with Crippen molar-refractivity contribution in [3.05, 3.63) is 0 Å². The second-order valence-electron chi connectivity index (χ2n) is 8.31. The first-order valence-electron chi connectivity index (χ1n) is 11.3. The average Bonchev–Trinajstić information content (AvgIpc) is 2.62. The summed E-state index contributed by atoms with van der Waals surface area (Å²) < 4.78 is 12.4. The summed E-state index contributed by atoms with van der Waals surface area (Å²) >= 11 is 0. The monoisotopic (exact) mass is 391 g/mol. The highest BCUT2D eigenvalue weighted by atomic mass is 35.5. The van der Waals surface area contributed by atoms with Gasteiger partial charge in [0.05, 0.1) is 26.9 Å². The Bertz CT molecular complexity index is 283. The first-order chi connectivity index (χ1) is 12.3. The van der Waals surface area contributed by atoms with Crippen LogP contribution in [0.4, 0.5) is 0 Å². The van der Waals surface area contributed by atoms with Crippen LogP contribution in [-0.4, -0.2) is 51.2 Å². The molecule has 1 saturated heterocycles. The Hall–Kier alpha value is 0.170. The van der Waals surface area contributed by atoms with Crippen molar-refractivity contribution < 1.29 is 26.4 Å². The number of ether oxygens (including phenoxy) is 2. The van der Waals surface area contributed by atoms with Gasteiger partial charge in [-0.3, -0.25) is 4.48 Å². The quantitative estimate of drug-likeness (QED) is 0.280. The number of likely N-dealkylation sites (N-methyl/N-ethyl adjacent to an activating group) is 1. The summed E-state index contributed by atoms with van der Waals surface area (Å²) in [5.41, 5.74) is 0.